The summed E-state index contributed by atoms with van der Waals surface area (Å²) in [6.07, 6.45) is 0. The minimum Gasteiger partial charge on any atom is -0.396 e. The predicted molar refractivity (Wildman–Crippen MR) is 82.8 cm³/mol. The van der Waals surface area contributed by atoms with Crippen molar-refractivity contribution in [2.75, 3.05) is 5.73 Å². The SMILES string of the molecule is CC(C)(NC(=O)c1cccc(F)c1N)c1cccc(Cl)c1. The average Bonchev–Trinajstić information content (AvgIpc) is 2.41. The van der Waals surface area contributed by atoms with E-state index in [1.54, 1.807) is 12.1 Å². The van der Waals surface area contributed by atoms with Crippen LogP contribution in [-0.2, 0) is 5.54 Å². The van der Waals surface area contributed by atoms with Gasteiger partial charge in [-0.15, -0.1) is 0 Å². The van der Waals surface area contributed by atoms with Crippen LogP contribution in [0.5, 0.6) is 0 Å². The summed E-state index contributed by atoms with van der Waals surface area (Å²) < 4.78 is 13.4. The normalized spacial score (nSPS) is 11.2. The molecule has 1 amide bonds. The minimum absolute atomic E-state index is 0.116. The maximum absolute atomic E-state index is 13.4. The summed E-state index contributed by atoms with van der Waals surface area (Å²) in [5, 5.41) is 3.42. The first-order valence-corrected chi connectivity index (χ1v) is 6.81. The number of rotatable bonds is 3. The highest BCUT2D eigenvalue weighted by Gasteiger charge is 2.25. The van der Waals surface area contributed by atoms with Gasteiger partial charge in [0, 0.05) is 5.02 Å². The fourth-order valence-corrected chi connectivity index (χ4v) is 2.23. The molecule has 0 aliphatic carbocycles. The topological polar surface area (TPSA) is 55.1 Å². The molecule has 0 aromatic heterocycles. The lowest BCUT2D eigenvalue weighted by atomic mass is 9.93. The van der Waals surface area contributed by atoms with E-state index < -0.39 is 17.3 Å². The lowest BCUT2D eigenvalue weighted by Gasteiger charge is -2.27. The van der Waals surface area contributed by atoms with E-state index in [0.29, 0.717) is 5.02 Å². The fourth-order valence-electron chi connectivity index (χ4n) is 2.04. The molecule has 5 heteroatoms. The molecule has 110 valence electrons. The van der Waals surface area contributed by atoms with Gasteiger partial charge < -0.3 is 11.1 Å². The third-order valence-corrected chi connectivity index (χ3v) is 3.50. The van der Waals surface area contributed by atoms with Gasteiger partial charge in [0.1, 0.15) is 5.82 Å². The third kappa shape index (κ3) is 3.34. The van der Waals surface area contributed by atoms with Gasteiger partial charge in [0.2, 0.25) is 0 Å². The Labute approximate surface area is 127 Å². The molecule has 2 aromatic carbocycles. The Morgan fingerprint density at radius 1 is 1.24 bits per heavy atom. The molecule has 3 nitrogen and oxygen atoms in total. The second-order valence-electron chi connectivity index (χ2n) is 5.29. The highest BCUT2D eigenvalue weighted by Crippen LogP contribution is 2.24. The fraction of sp³-hybridized carbons (Fsp3) is 0.188. The van der Waals surface area contributed by atoms with E-state index in [-0.39, 0.29) is 11.3 Å². The van der Waals surface area contributed by atoms with E-state index in [1.165, 1.54) is 18.2 Å². The number of para-hydroxylation sites is 1. The molecule has 0 aliphatic heterocycles. The van der Waals surface area contributed by atoms with Crippen molar-refractivity contribution in [3.63, 3.8) is 0 Å². The molecule has 0 saturated carbocycles. The summed E-state index contributed by atoms with van der Waals surface area (Å²) in [5.41, 5.74) is 5.75. The summed E-state index contributed by atoms with van der Waals surface area (Å²) >= 11 is 5.97. The van der Waals surface area contributed by atoms with Crippen molar-refractivity contribution < 1.29 is 9.18 Å². The Morgan fingerprint density at radius 2 is 1.90 bits per heavy atom. The summed E-state index contributed by atoms with van der Waals surface area (Å²) in [4.78, 5) is 12.3. The van der Waals surface area contributed by atoms with Gasteiger partial charge in [-0.1, -0.05) is 29.8 Å². The Morgan fingerprint density at radius 3 is 2.57 bits per heavy atom. The molecule has 0 heterocycles. The van der Waals surface area contributed by atoms with Gasteiger partial charge in [-0.25, -0.2) is 4.39 Å². The third-order valence-electron chi connectivity index (χ3n) is 3.27. The van der Waals surface area contributed by atoms with Crippen LogP contribution in [0.4, 0.5) is 10.1 Å². The number of carbonyl (C=O) groups excluding carboxylic acids is 1. The van der Waals surface area contributed by atoms with Crippen molar-refractivity contribution in [2.45, 2.75) is 19.4 Å². The molecule has 2 aromatic rings. The van der Waals surface area contributed by atoms with Gasteiger partial charge >= 0.3 is 0 Å². The highest BCUT2D eigenvalue weighted by molar-refractivity contribution is 6.30. The van der Waals surface area contributed by atoms with Crippen LogP contribution in [0, 0.1) is 5.82 Å². The van der Waals surface area contributed by atoms with E-state index in [1.807, 2.05) is 26.0 Å². The molecule has 2 rings (SSSR count). The largest absolute Gasteiger partial charge is 0.396 e. The molecule has 0 atom stereocenters. The van der Waals surface area contributed by atoms with Crippen LogP contribution in [0.1, 0.15) is 29.8 Å². The van der Waals surface area contributed by atoms with E-state index >= 15 is 0 Å². The molecule has 0 spiro atoms. The highest BCUT2D eigenvalue weighted by atomic mass is 35.5. The number of hydrogen-bond donors (Lipinski definition) is 2. The zero-order valence-electron chi connectivity index (χ0n) is 11.8. The average molecular weight is 307 g/mol. The smallest absolute Gasteiger partial charge is 0.254 e. The number of halogens is 2. The molecule has 21 heavy (non-hydrogen) atoms. The van der Waals surface area contributed by atoms with Crippen LogP contribution in [0.25, 0.3) is 0 Å². The van der Waals surface area contributed by atoms with Gasteiger partial charge in [0.15, 0.2) is 0 Å². The number of hydrogen-bond acceptors (Lipinski definition) is 2. The predicted octanol–water partition coefficient (Wildman–Crippen LogP) is 3.73. The Hall–Kier alpha value is -2.07. The second-order valence-corrected chi connectivity index (χ2v) is 5.73. The number of anilines is 1. The van der Waals surface area contributed by atoms with Crippen molar-refractivity contribution in [1.82, 2.24) is 5.32 Å². The maximum atomic E-state index is 13.4. The van der Waals surface area contributed by atoms with E-state index in [2.05, 4.69) is 5.32 Å². The first-order chi connectivity index (χ1) is 9.81. The zero-order chi connectivity index (χ0) is 15.6. The van der Waals surface area contributed by atoms with Crippen LogP contribution < -0.4 is 11.1 Å². The van der Waals surface area contributed by atoms with Crippen LogP contribution >= 0.6 is 11.6 Å². The van der Waals surface area contributed by atoms with Crippen LogP contribution in [-0.4, -0.2) is 5.91 Å². The minimum atomic E-state index is -0.666. The van der Waals surface area contributed by atoms with Gasteiger partial charge in [0.05, 0.1) is 16.8 Å². The summed E-state index contributed by atoms with van der Waals surface area (Å²) in [6.45, 7) is 3.68. The van der Waals surface area contributed by atoms with Gasteiger partial charge in [-0.05, 0) is 43.7 Å². The standard InChI is InChI=1S/C16H16ClFN2O/c1-16(2,10-5-3-6-11(17)9-10)20-15(21)12-7-4-8-13(18)14(12)19/h3-9H,19H2,1-2H3,(H,20,21). The van der Waals surface area contributed by atoms with E-state index in [9.17, 15) is 9.18 Å². The van der Waals surface area contributed by atoms with E-state index in [0.717, 1.165) is 5.56 Å². The zero-order valence-corrected chi connectivity index (χ0v) is 12.5. The maximum Gasteiger partial charge on any atom is 0.254 e. The molecule has 0 unspecified atom stereocenters. The van der Waals surface area contributed by atoms with Crippen molar-refractivity contribution in [3.05, 3.63) is 64.4 Å². The van der Waals surface area contributed by atoms with Gasteiger partial charge in [-0.3, -0.25) is 4.79 Å². The first kappa shape index (κ1) is 15.3. The van der Waals surface area contributed by atoms with Crippen molar-refractivity contribution in [2.24, 2.45) is 0 Å². The molecule has 0 radical (unpaired) electrons. The number of benzene rings is 2. The monoisotopic (exact) mass is 306 g/mol. The Bertz CT molecular complexity index is 686. The van der Waals surface area contributed by atoms with Crippen molar-refractivity contribution >= 4 is 23.2 Å². The molecule has 3 N–H and O–H groups in total. The van der Waals surface area contributed by atoms with Crippen molar-refractivity contribution in [3.8, 4) is 0 Å². The van der Waals surface area contributed by atoms with Gasteiger partial charge in [0.25, 0.3) is 5.91 Å². The number of nitrogens with one attached hydrogen (secondary N) is 1. The molecule has 0 aliphatic rings. The summed E-state index contributed by atoms with van der Waals surface area (Å²) in [6, 6.07) is 11.4. The van der Waals surface area contributed by atoms with E-state index in [4.69, 9.17) is 17.3 Å². The second kappa shape index (κ2) is 5.74. The van der Waals surface area contributed by atoms with Crippen LogP contribution in [0.2, 0.25) is 5.02 Å². The lowest BCUT2D eigenvalue weighted by Crippen LogP contribution is -2.41. The lowest BCUT2D eigenvalue weighted by molar-refractivity contribution is 0.0912. The summed E-state index contributed by atoms with van der Waals surface area (Å²) in [5.74, 6) is -1.04. The number of carbonyl (C=O) groups is 1. The number of nitrogens with two attached hydrogens (primary N) is 1. The van der Waals surface area contributed by atoms with Crippen LogP contribution in [0.3, 0.4) is 0 Å². The van der Waals surface area contributed by atoms with Crippen molar-refractivity contribution in [1.29, 1.82) is 0 Å². The summed E-state index contributed by atoms with van der Waals surface area (Å²) in [7, 11) is 0. The molecule has 0 fully saturated rings. The molecular formula is C16H16ClFN2O. The number of amides is 1. The number of nitrogen functional groups attached to an aromatic ring is 1. The Kier molecular flexibility index (Phi) is 4.19. The van der Waals surface area contributed by atoms with Gasteiger partial charge in [-0.2, -0.15) is 0 Å². The molecule has 0 bridgehead atoms. The quantitative estimate of drug-likeness (QED) is 0.849. The molecule has 0 saturated heterocycles. The van der Waals surface area contributed by atoms with Crippen LogP contribution in [0.15, 0.2) is 42.5 Å². The first-order valence-electron chi connectivity index (χ1n) is 6.44. The Balaban J connectivity index is 2.28. The molecular weight excluding hydrogens is 291 g/mol.